The van der Waals surface area contributed by atoms with E-state index >= 15 is 0 Å². The standard InChI is InChI=1S/C21H21N3O2/c1-26-17-9-7-15(8-10-17)13-24-12-11-19-18(14-24)21(25)23-20(22-19)16-5-3-2-4-6-16/h2-10H,11-14H2,1H3,(H,22,23,25). The summed E-state index contributed by atoms with van der Waals surface area (Å²) in [6.45, 7) is 2.33. The molecule has 0 aliphatic carbocycles. The molecule has 1 aromatic heterocycles. The molecule has 2 aromatic carbocycles. The number of nitrogens with one attached hydrogen (secondary N) is 1. The Kier molecular flexibility index (Phi) is 4.54. The zero-order valence-corrected chi connectivity index (χ0v) is 14.7. The number of fused-ring (bicyclic) bond motifs is 1. The van der Waals surface area contributed by atoms with Gasteiger partial charge in [0.15, 0.2) is 0 Å². The van der Waals surface area contributed by atoms with Crippen LogP contribution in [0.2, 0.25) is 0 Å². The molecule has 0 fully saturated rings. The van der Waals surface area contributed by atoms with Crippen LogP contribution in [0.15, 0.2) is 59.4 Å². The first kappa shape index (κ1) is 16.5. The van der Waals surface area contributed by atoms with Crippen LogP contribution in [0, 0.1) is 0 Å². The third-order valence-corrected chi connectivity index (χ3v) is 4.76. The lowest BCUT2D eigenvalue weighted by Crippen LogP contribution is -2.35. The molecule has 0 atom stereocenters. The van der Waals surface area contributed by atoms with E-state index < -0.39 is 0 Å². The van der Waals surface area contributed by atoms with Crippen molar-refractivity contribution in [1.82, 2.24) is 14.9 Å². The maximum Gasteiger partial charge on any atom is 0.255 e. The van der Waals surface area contributed by atoms with Gasteiger partial charge < -0.3 is 9.72 Å². The largest absolute Gasteiger partial charge is 0.497 e. The Morgan fingerprint density at radius 1 is 1.12 bits per heavy atom. The first-order valence-corrected chi connectivity index (χ1v) is 8.76. The third-order valence-electron chi connectivity index (χ3n) is 4.76. The van der Waals surface area contributed by atoms with E-state index in [2.05, 4.69) is 22.0 Å². The number of hydrogen-bond acceptors (Lipinski definition) is 4. The Hall–Kier alpha value is -2.92. The summed E-state index contributed by atoms with van der Waals surface area (Å²) in [5, 5.41) is 0. The first-order chi connectivity index (χ1) is 12.7. The summed E-state index contributed by atoms with van der Waals surface area (Å²) in [4.78, 5) is 22.5. The second-order valence-corrected chi connectivity index (χ2v) is 6.51. The monoisotopic (exact) mass is 347 g/mol. The smallest absolute Gasteiger partial charge is 0.255 e. The highest BCUT2D eigenvalue weighted by atomic mass is 16.5. The minimum Gasteiger partial charge on any atom is -0.497 e. The fourth-order valence-electron chi connectivity index (χ4n) is 3.34. The normalized spacial score (nSPS) is 14.0. The maximum absolute atomic E-state index is 12.6. The van der Waals surface area contributed by atoms with E-state index in [0.717, 1.165) is 42.1 Å². The number of aromatic amines is 1. The van der Waals surface area contributed by atoms with Crippen LogP contribution in [-0.2, 0) is 19.5 Å². The quantitative estimate of drug-likeness (QED) is 0.788. The third kappa shape index (κ3) is 3.39. The van der Waals surface area contributed by atoms with E-state index in [1.807, 2.05) is 42.5 Å². The van der Waals surface area contributed by atoms with Crippen LogP contribution in [-0.4, -0.2) is 28.5 Å². The van der Waals surface area contributed by atoms with Gasteiger partial charge >= 0.3 is 0 Å². The zero-order chi connectivity index (χ0) is 17.9. The molecular formula is C21H21N3O2. The minimum atomic E-state index is -0.0340. The van der Waals surface area contributed by atoms with Gasteiger partial charge in [-0.25, -0.2) is 4.98 Å². The SMILES string of the molecule is COc1ccc(CN2CCc3nc(-c4ccccc4)[nH]c(=O)c3C2)cc1. The number of benzene rings is 2. The molecule has 0 unspecified atom stereocenters. The minimum absolute atomic E-state index is 0.0340. The molecule has 26 heavy (non-hydrogen) atoms. The van der Waals surface area contributed by atoms with Crippen LogP contribution in [0.3, 0.4) is 0 Å². The highest BCUT2D eigenvalue weighted by Crippen LogP contribution is 2.20. The zero-order valence-electron chi connectivity index (χ0n) is 14.7. The highest BCUT2D eigenvalue weighted by Gasteiger charge is 2.21. The van der Waals surface area contributed by atoms with Crippen LogP contribution in [0.5, 0.6) is 5.75 Å². The van der Waals surface area contributed by atoms with E-state index in [1.165, 1.54) is 5.56 Å². The summed E-state index contributed by atoms with van der Waals surface area (Å²) in [5.41, 5.74) is 3.81. The van der Waals surface area contributed by atoms with Gasteiger partial charge in [-0.2, -0.15) is 0 Å². The van der Waals surface area contributed by atoms with Crippen LogP contribution in [0.1, 0.15) is 16.8 Å². The summed E-state index contributed by atoms with van der Waals surface area (Å²) in [6.07, 6.45) is 0.787. The van der Waals surface area contributed by atoms with E-state index in [9.17, 15) is 4.79 Å². The lowest BCUT2D eigenvalue weighted by atomic mass is 10.1. The van der Waals surface area contributed by atoms with Crippen molar-refractivity contribution < 1.29 is 4.74 Å². The number of hydrogen-bond donors (Lipinski definition) is 1. The second kappa shape index (κ2) is 7.14. The Bertz CT molecular complexity index is 949. The molecule has 1 aliphatic heterocycles. The van der Waals surface area contributed by atoms with Crippen LogP contribution in [0.4, 0.5) is 0 Å². The van der Waals surface area contributed by atoms with E-state index in [0.29, 0.717) is 12.4 Å². The second-order valence-electron chi connectivity index (χ2n) is 6.51. The number of nitrogens with zero attached hydrogens (tertiary/aromatic N) is 2. The number of methoxy groups -OCH3 is 1. The molecule has 0 amide bonds. The van der Waals surface area contributed by atoms with Crippen molar-refractivity contribution in [2.45, 2.75) is 19.5 Å². The maximum atomic E-state index is 12.6. The molecule has 0 radical (unpaired) electrons. The van der Waals surface area contributed by atoms with Gasteiger partial charge in [-0.05, 0) is 17.7 Å². The Morgan fingerprint density at radius 2 is 1.88 bits per heavy atom. The number of aromatic nitrogens is 2. The van der Waals surface area contributed by atoms with Crippen LogP contribution >= 0.6 is 0 Å². The molecule has 1 aliphatic rings. The highest BCUT2D eigenvalue weighted by molar-refractivity contribution is 5.54. The van der Waals surface area contributed by atoms with E-state index in [-0.39, 0.29) is 5.56 Å². The topological polar surface area (TPSA) is 58.2 Å². The number of H-pyrrole nitrogens is 1. The van der Waals surface area contributed by atoms with Gasteiger partial charge in [0.05, 0.1) is 18.4 Å². The Balaban J connectivity index is 1.54. The summed E-state index contributed by atoms with van der Waals surface area (Å²) in [5.74, 6) is 1.50. The summed E-state index contributed by atoms with van der Waals surface area (Å²) in [6, 6.07) is 17.8. The van der Waals surface area contributed by atoms with Gasteiger partial charge in [0.25, 0.3) is 5.56 Å². The van der Waals surface area contributed by atoms with Gasteiger partial charge in [0.2, 0.25) is 0 Å². The van der Waals surface area contributed by atoms with Gasteiger partial charge in [0.1, 0.15) is 11.6 Å². The average Bonchev–Trinajstić information content (AvgIpc) is 2.69. The fraction of sp³-hybridized carbons (Fsp3) is 0.238. The van der Waals surface area contributed by atoms with Gasteiger partial charge in [-0.1, -0.05) is 42.5 Å². The van der Waals surface area contributed by atoms with Crippen molar-refractivity contribution in [3.8, 4) is 17.1 Å². The lowest BCUT2D eigenvalue weighted by molar-refractivity contribution is 0.242. The molecule has 0 spiro atoms. The van der Waals surface area contributed by atoms with Crippen molar-refractivity contribution in [2.24, 2.45) is 0 Å². The molecule has 0 bridgehead atoms. The molecule has 1 N–H and O–H groups in total. The summed E-state index contributed by atoms with van der Waals surface area (Å²) in [7, 11) is 1.67. The van der Waals surface area contributed by atoms with Crippen molar-refractivity contribution in [1.29, 1.82) is 0 Å². The Morgan fingerprint density at radius 3 is 2.62 bits per heavy atom. The summed E-state index contributed by atoms with van der Waals surface area (Å²) < 4.78 is 5.20. The molecule has 3 aromatic rings. The van der Waals surface area contributed by atoms with E-state index in [1.54, 1.807) is 7.11 Å². The summed E-state index contributed by atoms with van der Waals surface area (Å²) >= 11 is 0. The van der Waals surface area contributed by atoms with Gasteiger partial charge in [-0.15, -0.1) is 0 Å². The molecule has 132 valence electrons. The van der Waals surface area contributed by atoms with Crippen LogP contribution in [0.25, 0.3) is 11.4 Å². The van der Waals surface area contributed by atoms with Gasteiger partial charge in [0, 0.05) is 31.6 Å². The van der Waals surface area contributed by atoms with Crippen molar-refractivity contribution in [3.05, 3.63) is 81.8 Å². The molecule has 0 saturated heterocycles. The predicted molar refractivity (Wildman–Crippen MR) is 101 cm³/mol. The predicted octanol–water partition coefficient (Wildman–Crippen LogP) is 3.00. The molecule has 5 nitrogen and oxygen atoms in total. The fourth-order valence-corrected chi connectivity index (χ4v) is 3.34. The molecule has 0 saturated carbocycles. The molecule has 2 heterocycles. The van der Waals surface area contributed by atoms with Crippen LogP contribution < -0.4 is 10.3 Å². The van der Waals surface area contributed by atoms with E-state index in [4.69, 9.17) is 9.72 Å². The first-order valence-electron chi connectivity index (χ1n) is 8.76. The Labute approximate surface area is 152 Å². The molecule has 5 heteroatoms. The average molecular weight is 347 g/mol. The van der Waals surface area contributed by atoms with Crippen molar-refractivity contribution >= 4 is 0 Å². The molecule has 4 rings (SSSR count). The van der Waals surface area contributed by atoms with Crippen molar-refractivity contribution in [3.63, 3.8) is 0 Å². The lowest BCUT2D eigenvalue weighted by Gasteiger charge is -2.27. The number of ether oxygens (including phenoxy) is 1. The number of rotatable bonds is 4. The van der Waals surface area contributed by atoms with Crippen molar-refractivity contribution in [2.75, 3.05) is 13.7 Å². The van der Waals surface area contributed by atoms with Gasteiger partial charge in [-0.3, -0.25) is 9.69 Å². The molecular weight excluding hydrogens is 326 g/mol.